The number of nitrogens with zero attached hydrogens (tertiary/aromatic N) is 2. The molecule has 0 bridgehead atoms. The van der Waals surface area contributed by atoms with Crippen LogP contribution in [0, 0.1) is 0 Å². The molecule has 1 unspecified atom stereocenters. The predicted octanol–water partition coefficient (Wildman–Crippen LogP) is 2.81. The standard InChI is InChI=1S/C15H22N2O/c1-2-14-5-3-4-12-17(14)15(18)7-6-13-8-10-16-11-9-13/h8-11,14H,2-7,12H2,1H3. The Morgan fingerprint density at radius 3 is 2.89 bits per heavy atom. The van der Waals surface area contributed by atoms with Gasteiger partial charge in [-0.05, 0) is 49.8 Å². The quantitative estimate of drug-likeness (QED) is 0.818. The zero-order valence-electron chi connectivity index (χ0n) is 11.1. The lowest BCUT2D eigenvalue weighted by Gasteiger charge is -2.35. The maximum atomic E-state index is 12.3. The highest BCUT2D eigenvalue weighted by Gasteiger charge is 2.24. The molecule has 1 amide bonds. The molecule has 1 atom stereocenters. The molecule has 1 fully saturated rings. The molecule has 1 saturated heterocycles. The smallest absolute Gasteiger partial charge is 0.223 e. The van der Waals surface area contributed by atoms with E-state index < -0.39 is 0 Å². The Kier molecular flexibility index (Phi) is 4.73. The van der Waals surface area contributed by atoms with E-state index in [1.165, 1.54) is 18.4 Å². The van der Waals surface area contributed by atoms with E-state index in [1.54, 1.807) is 12.4 Å². The molecule has 3 nitrogen and oxygen atoms in total. The summed E-state index contributed by atoms with van der Waals surface area (Å²) >= 11 is 0. The van der Waals surface area contributed by atoms with E-state index in [2.05, 4.69) is 16.8 Å². The van der Waals surface area contributed by atoms with Crippen LogP contribution in [-0.2, 0) is 11.2 Å². The lowest BCUT2D eigenvalue weighted by atomic mass is 9.99. The van der Waals surface area contributed by atoms with Gasteiger partial charge in [-0.15, -0.1) is 0 Å². The molecule has 0 saturated carbocycles. The lowest BCUT2D eigenvalue weighted by Crippen LogP contribution is -2.43. The second-order valence-corrected chi connectivity index (χ2v) is 5.00. The summed E-state index contributed by atoms with van der Waals surface area (Å²) in [6, 6.07) is 4.45. The van der Waals surface area contributed by atoms with Crippen molar-refractivity contribution < 1.29 is 4.79 Å². The average Bonchev–Trinajstić information content (AvgIpc) is 2.45. The van der Waals surface area contributed by atoms with Gasteiger partial charge in [0.05, 0.1) is 0 Å². The number of piperidine rings is 1. The van der Waals surface area contributed by atoms with Crippen molar-refractivity contribution in [3.63, 3.8) is 0 Å². The molecule has 2 rings (SSSR count). The van der Waals surface area contributed by atoms with Gasteiger partial charge < -0.3 is 4.90 Å². The van der Waals surface area contributed by atoms with Crippen molar-refractivity contribution in [2.24, 2.45) is 0 Å². The van der Waals surface area contributed by atoms with Gasteiger partial charge in [0.1, 0.15) is 0 Å². The Morgan fingerprint density at radius 1 is 1.39 bits per heavy atom. The molecule has 2 heterocycles. The SMILES string of the molecule is CCC1CCCCN1C(=O)CCc1ccncc1. The number of hydrogen-bond donors (Lipinski definition) is 0. The van der Waals surface area contributed by atoms with Gasteiger partial charge >= 0.3 is 0 Å². The van der Waals surface area contributed by atoms with Crippen molar-refractivity contribution in [3.05, 3.63) is 30.1 Å². The van der Waals surface area contributed by atoms with E-state index in [4.69, 9.17) is 0 Å². The molecule has 1 aliphatic heterocycles. The number of hydrogen-bond acceptors (Lipinski definition) is 2. The highest BCUT2D eigenvalue weighted by molar-refractivity contribution is 5.76. The van der Waals surface area contributed by atoms with Gasteiger partial charge in [-0.25, -0.2) is 0 Å². The summed E-state index contributed by atoms with van der Waals surface area (Å²) in [6.45, 7) is 3.13. The van der Waals surface area contributed by atoms with E-state index in [-0.39, 0.29) is 0 Å². The maximum absolute atomic E-state index is 12.3. The van der Waals surface area contributed by atoms with Crippen molar-refractivity contribution in [3.8, 4) is 0 Å². The number of aryl methyl sites for hydroxylation is 1. The minimum atomic E-state index is 0.318. The highest BCUT2D eigenvalue weighted by Crippen LogP contribution is 2.20. The van der Waals surface area contributed by atoms with Crippen LogP contribution >= 0.6 is 0 Å². The molecule has 18 heavy (non-hydrogen) atoms. The van der Waals surface area contributed by atoms with Crippen molar-refractivity contribution in [1.29, 1.82) is 0 Å². The number of carbonyl (C=O) groups excluding carboxylic acids is 1. The lowest BCUT2D eigenvalue weighted by molar-refractivity contribution is -0.134. The summed E-state index contributed by atoms with van der Waals surface area (Å²) in [7, 11) is 0. The first-order valence-electron chi connectivity index (χ1n) is 6.99. The fourth-order valence-electron chi connectivity index (χ4n) is 2.70. The van der Waals surface area contributed by atoms with Crippen LogP contribution < -0.4 is 0 Å². The second-order valence-electron chi connectivity index (χ2n) is 5.00. The Hall–Kier alpha value is -1.38. The molecule has 0 aliphatic carbocycles. The maximum Gasteiger partial charge on any atom is 0.223 e. The Morgan fingerprint density at radius 2 is 2.17 bits per heavy atom. The van der Waals surface area contributed by atoms with Gasteiger partial charge in [0.15, 0.2) is 0 Å². The molecular weight excluding hydrogens is 224 g/mol. The normalized spacial score (nSPS) is 19.8. The number of amides is 1. The summed E-state index contributed by atoms with van der Waals surface area (Å²) in [6.07, 6.45) is 9.72. The highest BCUT2D eigenvalue weighted by atomic mass is 16.2. The van der Waals surface area contributed by atoms with Crippen LogP contribution in [0.3, 0.4) is 0 Å². The molecule has 1 aliphatic rings. The Balaban J connectivity index is 1.87. The van der Waals surface area contributed by atoms with Crippen LogP contribution in [0.15, 0.2) is 24.5 Å². The van der Waals surface area contributed by atoms with E-state index in [0.29, 0.717) is 18.4 Å². The molecule has 0 radical (unpaired) electrons. The zero-order chi connectivity index (χ0) is 12.8. The van der Waals surface area contributed by atoms with Crippen LogP contribution in [0.2, 0.25) is 0 Å². The summed E-state index contributed by atoms with van der Waals surface area (Å²) in [5.41, 5.74) is 1.20. The largest absolute Gasteiger partial charge is 0.340 e. The van der Waals surface area contributed by atoms with Crippen LogP contribution in [0.5, 0.6) is 0 Å². The molecule has 0 aromatic carbocycles. The van der Waals surface area contributed by atoms with Crippen LogP contribution in [-0.4, -0.2) is 28.4 Å². The summed E-state index contributed by atoms with van der Waals surface area (Å²) in [5.74, 6) is 0.318. The third-order valence-electron chi connectivity index (χ3n) is 3.80. The number of pyridine rings is 1. The van der Waals surface area contributed by atoms with Crippen molar-refractivity contribution in [2.45, 2.75) is 51.5 Å². The fourth-order valence-corrected chi connectivity index (χ4v) is 2.70. The third kappa shape index (κ3) is 3.31. The van der Waals surface area contributed by atoms with Gasteiger partial charge in [0, 0.05) is 31.4 Å². The number of carbonyl (C=O) groups is 1. The number of aromatic nitrogens is 1. The minimum Gasteiger partial charge on any atom is -0.340 e. The molecule has 3 heteroatoms. The third-order valence-corrected chi connectivity index (χ3v) is 3.80. The van der Waals surface area contributed by atoms with E-state index in [1.807, 2.05) is 12.1 Å². The monoisotopic (exact) mass is 246 g/mol. The summed E-state index contributed by atoms with van der Waals surface area (Å²) in [4.78, 5) is 18.3. The first kappa shape index (κ1) is 13.1. The van der Waals surface area contributed by atoms with Crippen LogP contribution in [0.4, 0.5) is 0 Å². The van der Waals surface area contributed by atoms with Crippen molar-refractivity contribution in [2.75, 3.05) is 6.54 Å². The molecule has 1 aromatic rings. The van der Waals surface area contributed by atoms with E-state index in [0.717, 1.165) is 25.8 Å². The summed E-state index contributed by atoms with van der Waals surface area (Å²) in [5, 5.41) is 0. The van der Waals surface area contributed by atoms with Gasteiger partial charge in [-0.3, -0.25) is 9.78 Å². The van der Waals surface area contributed by atoms with E-state index in [9.17, 15) is 4.79 Å². The fraction of sp³-hybridized carbons (Fsp3) is 0.600. The van der Waals surface area contributed by atoms with Crippen molar-refractivity contribution in [1.82, 2.24) is 9.88 Å². The number of rotatable bonds is 4. The van der Waals surface area contributed by atoms with Crippen molar-refractivity contribution >= 4 is 5.91 Å². The predicted molar refractivity (Wildman–Crippen MR) is 72.2 cm³/mol. The zero-order valence-corrected chi connectivity index (χ0v) is 11.1. The first-order chi connectivity index (χ1) is 8.81. The number of likely N-dealkylation sites (tertiary alicyclic amines) is 1. The minimum absolute atomic E-state index is 0.318. The molecule has 98 valence electrons. The topological polar surface area (TPSA) is 33.2 Å². The van der Waals surface area contributed by atoms with Crippen LogP contribution in [0.25, 0.3) is 0 Å². The molecule has 0 N–H and O–H groups in total. The molecular formula is C15H22N2O. The first-order valence-corrected chi connectivity index (χ1v) is 6.99. The summed E-state index contributed by atoms with van der Waals surface area (Å²) < 4.78 is 0. The van der Waals surface area contributed by atoms with Gasteiger partial charge in [-0.2, -0.15) is 0 Å². The molecule has 0 spiro atoms. The Bertz CT molecular complexity index is 377. The second kappa shape index (κ2) is 6.53. The Labute approximate surface area is 109 Å². The van der Waals surface area contributed by atoms with Gasteiger partial charge in [0.25, 0.3) is 0 Å². The van der Waals surface area contributed by atoms with E-state index >= 15 is 0 Å². The molecule has 1 aromatic heterocycles. The van der Waals surface area contributed by atoms with Crippen LogP contribution in [0.1, 0.15) is 44.6 Å². The average molecular weight is 246 g/mol. The van der Waals surface area contributed by atoms with Gasteiger partial charge in [-0.1, -0.05) is 6.92 Å². The van der Waals surface area contributed by atoms with Gasteiger partial charge in [0.2, 0.25) is 5.91 Å².